The van der Waals surface area contributed by atoms with Crippen LogP contribution >= 0.6 is 0 Å². The summed E-state index contributed by atoms with van der Waals surface area (Å²) >= 11 is 0. The van der Waals surface area contributed by atoms with Crippen LogP contribution in [0.3, 0.4) is 0 Å². The standard InChI is InChI=1S/C8H8N4O2/c1-14-8-6(7(9)13)12-5(11-8)3-2-4-10-12/h2-4H,1H3,(H2,9,13). The molecule has 0 aliphatic heterocycles. The van der Waals surface area contributed by atoms with E-state index in [1.54, 1.807) is 18.3 Å². The molecule has 0 saturated carbocycles. The van der Waals surface area contributed by atoms with Crippen LogP contribution in [0, 0.1) is 0 Å². The molecule has 0 aliphatic carbocycles. The quantitative estimate of drug-likeness (QED) is 0.716. The molecule has 0 aliphatic rings. The number of carbonyl (C=O) groups excluding carboxylic acids is 1. The Hall–Kier alpha value is -2.11. The van der Waals surface area contributed by atoms with Crippen LogP contribution in [-0.4, -0.2) is 27.6 Å². The first-order chi connectivity index (χ1) is 6.74. The van der Waals surface area contributed by atoms with E-state index in [0.29, 0.717) is 5.65 Å². The van der Waals surface area contributed by atoms with Crippen molar-refractivity contribution in [1.29, 1.82) is 0 Å². The average Bonchev–Trinajstić information content (AvgIpc) is 2.55. The fourth-order valence-corrected chi connectivity index (χ4v) is 1.22. The Labute approximate surface area is 79.3 Å². The van der Waals surface area contributed by atoms with Crippen molar-refractivity contribution >= 4 is 11.6 Å². The zero-order chi connectivity index (χ0) is 10.1. The molecule has 2 aromatic rings. The number of nitrogens with zero attached hydrogens (tertiary/aromatic N) is 3. The monoisotopic (exact) mass is 192 g/mol. The summed E-state index contributed by atoms with van der Waals surface area (Å²) in [5.41, 5.74) is 5.86. The van der Waals surface area contributed by atoms with Gasteiger partial charge in [-0.1, -0.05) is 0 Å². The normalized spacial score (nSPS) is 10.4. The van der Waals surface area contributed by atoms with Crippen molar-refractivity contribution in [2.75, 3.05) is 7.11 Å². The van der Waals surface area contributed by atoms with E-state index in [1.807, 2.05) is 0 Å². The first-order valence-corrected chi connectivity index (χ1v) is 3.91. The van der Waals surface area contributed by atoms with Crippen molar-refractivity contribution in [2.24, 2.45) is 5.73 Å². The van der Waals surface area contributed by atoms with Gasteiger partial charge in [0.25, 0.3) is 5.91 Å². The SMILES string of the molecule is COc1nc2cccnn2c1C(N)=O. The minimum absolute atomic E-state index is 0.156. The van der Waals surface area contributed by atoms with Gasteiger partial charge in [-0.15, -0.1) is 0 Å². The minimum atomic E-state index is -0.618. The van der Waals surface area contributed by atoms with Crippen molar-refractivity contribution in [3.8, 4) is 5.88 Å². The molecule has 2 rings (SSSR count). The number of amides is 1. The van der Waals surface area contributed by atoms with E-state index < -0.39 is 5.91 Å². The summed E-state index contributed by atoms with van der Waals surface area (Å²) in [6.45, 7) is 0. The van der Waals surface area contributed by atoms with E-state index in [4.69, 9.17) is 10.5 Å². The van der Waals surface area contributed by atoms with E-state index in [9.17, 15) is 4.79 Å². The number of carbonyl (C=O) groups is 1. The number of methoxy groups -OCH3 is 1. The molecule has 0 fully saturated rings. The molecular formula is C8H8N4O2. The van der Waals surface area contributed by atoms with Gasteiger partial charge in [-0.2, -0.15) is 10.1 Å². The molecule has 1 amide bonds. The minimum Gasteiger partial charge on any atom is -0.479 e. The molecule has 2 heterocycles. The Morgan fingerprint density at radius 3 is 3.07 bits per heavy atom. The molecule has 72 valence electrons. The molecule has 2 N–H and O–H groups in total. The van der Waals surface area contributed by atoms with Crippen LogP contribution in [0.25, 0.3) is 5.65 Å². The summed E-state index contributed by atoms with van der Waals surface area (Å²) in [5, 5.41) is 3.94. The van der Waals surface area contributed by atoms with Crippen LogP contribution in [-0.2, 0) is 0 Å². The number of hydrogen-bond donors (Lipinski definition) is 1. The van der Waals surface area contributed by atoms with Gasteiger partial charge >= 0.3 is 0 Å². The van der Waals surface area contributed by atoms with Gasteiger partial charge in [-0.25, -0.2) is 4.52 Å². The summed E-state index contributed by atoms with van der Waals surface area (Å²) in [6, 6.07) is 3.43. The second kappa shape index (κ2) is 2.99. The Balaban J connectivity index is 2.81. The van der Waals surface area contributed by atoms with E-state index in [-0.39, 0.29) is 11.6 Å². The van der Waals surface area contributed by atoms with Gasteiger partial charge in [0, 0.05) is 6.20 Å². The largest absolute Gasteiger partial charge is 0.479 e. The van der Waals surface area contributed by atoms with E-state index in [2.05, 4.69) is 10.1 Å². The Bertz CT molecular complexity index is 491. The second-order valence-electron chi connectivity index (χ2n) is 2.63. The van der Waals surface area contributed by atoms with Crippen LogP contribution in [0.5, 0.6) is 5.88 Å². The van der Waals surface area contributed by atoms with Crippen LogP contribution in [0.4, 0.5) is 0 Å². The Morgan fingerprint density at radius 2 is 2.43 bits per heavy atom. The average molecular weight is 192 g/mol. The number of imidazole rings is 1. The lowest BCUT2D eigenvalue weighted by Gasteiger charge is -1.96. The zero-order valence-corrected chi connectivity index (χ0v) is 7.47. The molecule has 0 radical (unpaired) electrons. The highest BCUT2D eigenvalue weighted by Crippen LogP contribution is 2.17. The number of rotatable bonds is 2. The fraction of sp³-hybridized carbons (Fsp3) is 0.125. The van der Waals surface area contributed by atoms with Crippen molar-refractivity contribution < 1.29 is 9.53 Å². The lowest BCUT2D eigenvalue weighted by molar-refractivity contribution is 0.0990. The highest BCUT2D eigenvalue weighted by atomic mass is 16.5. The maximum Gasteiger partial charge on any atom is 0.273 e. The van der Waals surface area contributed by atoms with Crippen molar-refractivity contribution in [1.82, 2.24) is 14.6 Å². The second-order valence-corrected chi connectivity index (χ2v) is 2.63. The van der Waals surface area contributed by atoms with Crippen molar-refractivity contribution in [3.63, 3.8) is 0 Å². The smallest absolute Gasteiger partial charge is 0.273 e. The number of aromatic nitrogens is 3. The third kappa shape index (κ3) is 1.08. The van der Waals surface area contributed by atoms with Gasteiger partial charge in [0.2, 0.25) is 5.88 Å². The molecule has 0 bridgehead atoms. The number of primary amides is 1. The predicted octanol–water partition coefficient (Wildman–Crippen LogP) is -0.163. The van der Waals surface area contributed by atoms with Crippen LogP contribution in [0.15, 0.2) is 18.3 Å². The van der Waals surface area contributed by atoms with E-state index in [1.165, 1.54) is 11.6 Å². The molecule has 6 heteroatoms. The number of nitrogens with two attached hydrogens (primary N) is 1. The van der Waals surface area contributed by atoms with Crippen molar-refractivity contribution in [3.05, 3.63) is 24.0 Å². The molecule has 0 saturated heterocycles. The third-order valence-corrected chi connectivity index (χ3v) is 1.79. The predicted molar refractivity (Wildman–Crippen MR) is 48.1 cm³/mol. The van der Waals surface area contributed by atoms with Gasteiger partial charge in [0.05, 0.1) is 7.11 Å². The Kier molecular flexibility index (Phi) is 1.81. The maximum atomic E-state index is 11.1. The summed E-state index contributed by atoms with van der Waals surface area (Å²) in [7, 11) is 1.42. The van der Waals surface area contributed by atoms with Gasteiger partial charge in [0.1, 0.15) is 0 Å². The summed E-state index contributed by atoms with van der Waals surface area (Å²) in [5.74, 6) is -0.427. The third-order valence-electron chi connectivity index (χ3n) is 1.79. The number of ether oxygens (including phenoxy) is 1. The summed E-state index contributed by atoms with van der Waals surface area (Å²) in [4.78, 5) is 15.1. The van der Waals surface area contributed by atoms with Crippen LogP contribution < -0.4 is 10.5 Å². The van der Waals surface area contributed by atoms with Gasteiger partial charge in [-0.3, -0.25) is 4.79 Å². The van der Waals surface area contributed by atoms with E-state index in [0.717, 1.165) is 0 Å². The van der Waals surface area contributed by atoms with Crippen molar-refractivity contribution in [2.45, 2.75) is 0 Å². The maximum absolute atomic E-state index is 11.1. The number of hydrogen-bond acceptors (Lipinski definition) is 4. The first kappa shape index (κ1) is 8.49. The molecule has 14 heavy (non-hydrogen) atoms. The lowest BCUT2D eigenvalue weighted by atomic mass is 10.4. The Morgan fingerprint density at radius 1 is 1.64 bits per heavy atom. The molecular weight excluding hydrogens is 184 g/mol. The molecule has 0 aromatic carbocycles. The summed E-state index contributed by atoms with van der Waals surface area (Å²) in [6.07, 6.45) is 1.54. The first-order valence-electron chi connectivity index (χ1n) is 3.91. The highest BCUT2D eigenvalue weighted by Gasteiger charge is 2.17. The lowest BCUT2D eigenvalue weighted by Crippen LogP contribution is -2.15. The summed E-state index contributed by atoms with van der Waals surface area (Å²) < 4.78 is 6.27. The van der Waals surface area contributed by atoms with Crippen LogP contribution in [0.2, 0.25) is 0 Å². The molecule has 6 nitrogen and oxygen atoms in total. The van der Waals surface area contributed by atoms with Crippen LogP contribution in [0.1, 0.15) is 10.5 Å². The molecule has 0 atom stereocenters. The number of fused-ring (bicyclic) bond motifs is 1. The zero-order valence-electron chi connectivity index (χ0n) is 7.47. The molecule has 2 aromatic heterocycles. The molecule has 0 spiro atoms. The molecule has 0 unspecified atom stereocenters. The van der Waals surface area contributed by atoms with E-state index >= 15 is 0 Å². The van der Waals surface area contributed by atoms with Gasteiger partial charge in [0.15, 0.2) is 11.3 Å². The van der Waals surface area contributed by atoms with Gasteiger partial charge in [-0.05, 0) is 12.1 Å². The highest BCUT2D eigenvalue weighted by molar-refractivity contribution is 5.94. The van der Waals surface area contributed by atoms with Gasteiger partial charge < -0.3 is 10.5 Å². The fourth-order valence-electron chi connectivity index (χ4n) is 1.22. The topological polar surface area (TPSA) is 82.5 Å².